The molecule has 0 spiro atoms. The van der Waals surface area contributed by atoms with E-state index < -0.39 is 0 Å². The molecule has 1 aliphatic carbocycles. The lowest BCUT2D eigenvalue weighted by molar-refractivity contribution is -0.122. The quantitative estimate of drug-likeness (QED) is 0.831. The highest BCUT2D eigenvalue weighted by atomic mass is 16.6. The van der Waals surface area contributed by atoms with Gasteiger partial charge in [-0.1, -0.05) is 12.0 Å². The van der Waals surface area contributed by atoms with E-state index in [4.69, 9.17) is 15.9 Å². The zero-order chi connectivity index (χ0) is 13.2. The van der Waals surface area contributed by atoms with Crippen molar-refractivity contribution in [1.29, 1.82) is 0 Å². The van der Waals surface area contributed by atoms with E-state index in [0.717, 1.165) is 23.5 Å². The Hall–Kier alpha value is -2.15. The lowest BCUT2D eigenvalue weighted by atomic mass is 10.1. The SMILES string of the molecule is C#CCNC(=O)[C@@H]1C[C@@H]1c1ccc2c(c1)OCCO2. The molecule has 98 valence electrons. The first-order chi connectivity index (χ1) is 9.29. The normalized spacial score (nSPS) is 23.3. The van der Waals surface area contributed by atoms with Gasteiger partial charge < -0.3 is 14.8 Å². The second kappa shape index (κ2) is 4.85. The van der Waals surface area contributed by atoms with Gasteiger partial charge in [-0.25, -0.2) is 0 Å². The van der Waals surface area contributed by atoms with Gasteiger partial charge >= 0.3 is 0 Å². The summed E-state index contributed by atoms with van der Waals surface area (Å²) >= 11 is 0. The van der Waals surface area contributed by atoms with Gasteiger partial charge in [-0.15, -0.1) is 6.42 Å². The van der Waals surface area contributed by atoms with E-state index >= 15 is 0 Å². The smallest absolute Gasteiger partial charge is 0.224 e. The number of amides is 1. The van der Waals surface area contributed by atoms with Gasteiger partial charge in [0.1, 0.15) is 13.2 Å². The summed E-state index contributed by atoms with van der Waals surface area (Å²) in [4.78, 5) is 11.8. The first-order valence-electron chi connectivity index (χ1n) is 6.40. The minimum Gasteiger partial charge on any atom is -0.486 e. The fourth-order valence-corrected chi connectivity index (χ4v) is 2.41. The number of ether oxygens (including phenoxy) is 2. The molecule has 3 rings (SSSR count). The number of carbonyl (C=O) groups is 1. The van der Waals surface area contributed by atoms with E-state index in [1.807, 2.05) is 18.2 Å². The summed E-state index contributed by atoms with van der Waals surface area (Å²) in [7, 11) is 0. The zero-order valence-electron chi connectivity index (χ0n) is 10.5. The van der Waals surface area contributed by atoms with Crippen molar-refractivity contribution in [2.24, 2.45) is 5.92 Å². The Morgan fingerprint density at radius 3 is 2.95 bits per heavy atom. The van der Waals surface area contributed by atoms with Crippen molar-refractivity contribution < 1.29 is 14.3 Å². The fourth-order valence-electron chi connectivity index (χ4n) is 2.41. The molecular weight excluding hydrogens is 242 g/mol. The van der Waals surface area contributed by atoms with Gasteiger partial charge in [0, 0.05) is 5.92 Å². The van der Waals surface area contributed by atoms with Crippen molar-refractivity contribution in [3.63, 3.8) is 0 Å². The molecule has 2 atom stereocenters. The molecule has 1 heterocycles. The Morgan fingerprint density at radius 2 is 2.16 bits per heavy atom. The first kappa shape index (κ1) is 11.9. The van der Waals surface area contributed by atoms with Gasteiger partial charge in [0.2, 0.25) is 5.91 Å². The van der Waals surface area contributed by atoms with Gasteiger partial charge in [0.15, 0.2) is 11.5 Å². The van der Waals surface area contributed by atoms with Crippen LogP contribution >= 0.6 is 0 Å². The predicted octanol–water partition coefficient (Wildman–Crippen LogP) is 1.31. The molecule has 4 nitrogen and oxygen atoms in total. The molecule has 0 unspecified atom stereocenters. The standard InChI is InChI=1S/C15H15NO3/c1-2-5-16-15(17)12-9-11(12)10-3-4-13-14(8-10)19-7-6-18-13/h1,3-4,8,11-12H,5-7,9H2,(H,16,17)/t11-,12-/m1/s1. The van der Waals surface area contributed by atoms with Crippen molar-refractivity contribution in [3.8, 4) is 23.8 Å². The summed E-state index contributed by atoms with van der Waals surface area (Å²) in [6, 6.07) is 5.90. The molecule has 1 N–H and O–H groups in total. The topological polar surface area (TPSA) is 47.6 Å². The van der Waals surface area contributed by atoms with Crippen LogP contribution in [-0.2, 0) is 4.79 Å². The maximum atomic E-state index is 11.8. The molecule has 1 fully saturated rings. The van der Waals surface area contributed by atoms with E-state index in [1.54, 1.807) is 0 Å². The lowest BCUT2D eigenvalue weighted by Crippen LogP contribution is -2.25. The third kappa shape index (κ3) is 2.37. The van der Waals surface area contributed by atoms with Crippen LogP contribution in [0.4, 0.5) is 0 Å². The van der Waals surface area contributed by atoms with E-state index in [-0.39, 0.29) is 17.7 Å². The third-order valence-corrected chi connectivity index (χ3v) is 3.49. The monoisotopic (exact) mass is 257 g/mol. The Balaban J connectivity index is 1.68. The van der Waals surface area contributed by atoms with E-state index in [0.29, 0.717) is 19.8 Å². The average Bonchev–Trinajstić information content (AvgIpc) is 3.24. The summed E-state index contributed by atoms with van der Waals surface area (Å²) < 4.78 is 11.0. The van der Waals surface area contributed by atoms with Gasteiger partial charge in [-0.3, -0.25) is 4.79 Å². The highest BCUT2D eigenvalue weighted by Gasteiger charge is 2.44. The fraction of sp³-hybridized carbons (Fsp3) is 0.400. The third-order valence-electron chi connectivity index (χ3n) is 3.49. The highest BCUT2D eigenvalue weighted by Crippen LogP contribution is 2.49. The Kier molecular flexibility index (Phi) is 3.04. The van der Waals surface area contributed by atoms with Crippen LogP contribution in [0.2, 0.25) is 0 Å². The number of terminal acetylenes is 1. The van der Waals surface area contributed by atoms with Crippen LogP contribution in [0, 0.1) is 18.3 Å². The van der Waals surface area contributed by atoms with Crippen molar-refractivity contribution in [2.45, 2.75) is 12.3 Å². The van der Waals surface area contributed by atoms with E-state index in [2.05, 4.69) is 11.2 Å². The minimum absolute atomic E-state index is 0.0379. The van der Waals surface area contributed by atoms with Crippen molar-refractivity contribution in [3.05, 3.63) is 23.8 Å². The molecule has 1 aliphatic heterocycles. The summed E-state index contributed by atoms with van der Waals surface area (Å²) in [5.41, 5.74) is 1.13. The van der Waals surface area contributed by atoms with Gasteiger partial charge in [0.05, 0.1) is 6.54 Å². The maximum Gasteiger partial charge on any atom is 0.224 e. The molecule has 1 aromatic carbocycles. The second-order valence-corrected chi connectivity index (χ2v) is 4.77. The van der Waals surface area contributed by atoms with Crippen LogP contribution in [-0.4, -0.2) is 25.7 Å². The summed E-state index contributed by atoms with van der Waals surface area (Å²) in [5.74, 6) is 4.32. The van der Waals surface area contributed by atoms with Crippen LogP contribution < -0.4 is 14.8 Å². The Morgan fingerprint density at radius 1 is 1.37 bits per heavy atom. The van der Waals surface area contributed by atoms with Crippen molar-refractivity contribution in [2.75, 3.05) is 19.8 Å². The second-order valence-electron chi connectivity index (χ2n) is 4.77. The molecule has 1 amide bonds. The molecule has 1 aromatic rings. The average molecular weight is 257 g/mol. The molecular formula is C15H15NO3. The van der Waals surface area contributed by atoms with Crippen LogP contribution in [0.15, 0.2) is 18.2 Å². The van der Waals surface area contributed by atoms with Crippen LogP contribution in [0.5, 0.6) is 11.5 Å². The van der Waals surface area contributed by atoms with Crippen LogP contribution in [0.25, 0.3) is 0 Å². The number of hydrogen-bond acceptors (Lipinski definition) is 3. The molecule has 0 saturated heterocycles. The number of nitrogens with one attached hydrogen (secondary N) is 1. The molecule has 0 radical (unpaired) electrons. The number of benzene rings is 1. The Labute approximate surface area is 112 Å². The first-order valence-corrected chi connectivity index (χ1v) is 6.40. The molecule has 19 heavy (non-hydrogen) atoms. The minimum atomic E-state index is 0.0379. The lowest BCUT2D eigenvalue weighted by Gasteiger charge is -2.18. The summed E-state index contributed by atoms with van der Waals surface area (Å²) in [6.45, 7) is 1.46. The maximum absolute atomic E-state index is 11.8. The van der Waals surface area contributed by atoms with E-state index in [1.165, 1.54) is 0 Å². The van der Waals surface area contributed by atoms with Crippen molar-refractivity contribution in [1.82, 2.24) is 5.32 Å². The molecule has 0 aromatic heterocycles. The zero-order valence-corrected chi connectivity index (χ0v) is 10.5. The number of hydrogen-bond donors (Lipinski definition) is 1. The predicted molar refractivity (Wildman–Crippen MR) is 70.1 cm³/mol. The largest absolute Gasteiger partial charge is 0.486 e. The van der Waals surface area contributed by atoms with Gasteiger partial charge in [-0.2, -0.15) is 0 Å². The number of fused-ring (bicyclic) bond motifs is 1. The summed E-state index contributed by atoms with van der Waals surface area (Å²) in [6.07, 6.45) is 6.00. The number of carbonyl (C=O) groups excluding carboxylic acids is 1. The van der Waals surface area contributed by atoms with E-state index in [9.17, 15) is 4.79 Å². The summed E-state index contributed by atoms with van der Waals surface area (Å²) in [5, 5.41) is 2.73. The molecule has 2 aliphatic rings. The van der Waals surface area contributed by atoms with Crippen molar-refractivity contribution >= 4 is 5.91 Å². The highest BCUT2D eigenvalue weighted by molar-refractivity contribution is 5.83. The molecule has 4 heteroatoms. The van der Waals surface area contributed by atoms with Crippen LogP contribution in [0.3, 0.4) is 0 Å². The van der Waals surface area contributed by atoms with Gasteiger partial charge in [0.25, 0.3) is 0 Å². The number of rotatable bonds is 3. The van der Waals surface area contributed by atoms with Crippen LogP contribution in [0.1, 0.15) is 17.9 Å². The molecule has 1 saturated carbocycles. The Bertz CT molecular complexity index is 547. The molecule has 0 bridgehead atoms. The van der Waals surface area contributed by atoms with Gasteiger partial charge in [-0.05, 0) is 30.0 Å².